The lowest BCUT2D eigenvalue weighted by atomic mass is 9.48. The molecule has 1 unspecified atom stereocenters. The van der Waals surface area contributed by atoms with Gasteiger partial charge in [0.2, 0.25) is 11.8 Å². The molecule has 0 saturated heterocycles. The Morgan fingerprint density at radius 2 is 1.72 bits per heavy atom. The number of benzene rings is 1. The summed E-state index contributed by atoms with van der Waals surface area (Å²) < 4.78 is 6.85. The number of aromatic nitrogens is 2. The number of H-pyrrole nitrogens is 1. The average molecular weight is 451 g/mol. The first-order valence-corrected chi connectivity index (χ1v) is 11.3. The number of rotatable bonds is 2. The number of nitrogens with two attached hydrogens (primary N) is 1. The summed E-state index contributed by atoms with van der Waals surface area (Å²) in [5, 5.41) is 17.8. The number of nitrogens with one attached hydrogen (secondary N) is 1. The molecule has 1 aromatic carbocycles. The minimum absolute atomic E-state index is 0.138. The van der Waals surface area contributed by atoms with E-state index in [0.29, 0.717) is 11.5 Å². The average Bonchev–Trinajstić information content (AvgIpc) is 3.11. The van der Waals surface area contributed by atoms with Gasteiger partial charge < -0.3 is 10.5 Å². The molecule has 0 spiro atoms. The van der Waals surface area contributed by atoms with Crippen molar-refractivity contribution in [2.75, 3.05) is 0 Å². The van der Waals surface area contributed by atoms with Crippen molar-refractivity contribution in [2.45, 2.75) is 49.9 Å². The van der Waals surface area contributed by atoms with Crippen LogP contribution in [0.4, 0.5) is 0 Å². The second-order valence-corrected chi connectivity index (χ2v) is 10.4. The Hall–Kier alpha value is -2.26. The normalized spacial score (nSPS) is 34.6. The molecule has 29 heavy (non-hydrogen) atoms. The Labute approximate surface area is 178 Å². The van der Waals surface area contributed by atoms with Gasteiger partial charge in [-0.3, -0.25) is 5.10 Å². The maximum Gasteiger partial charge on any atom is 0.244 e. The molecule has 7 rings (SSSR count). The highest BCUT2D eigenvalue weighted by Crippen LogP contribution is 2.62. The molecule has 0 radical (unpaired) electrons. The van der Waals surface area contributed by atoms with Crippen LogP contribution in [0.1, 0.15) is 61.3 Å². The van der Waals surface area contributed by atoms with Crippen LogP contribution in [0, 0.1) is 29.1 Å². The monoisotopic (exact) mass is 450 g/mol. The summed E-state index contributed by atoms with van der Waals surface area (Å²) in [4.78, 5) is 0. The summed E-state index contributed by atoms with van der Waals surface area (Å²) in [6.45, 7) is 0. The van der Waals surface area contributed by atoms with E-state index in [1.807, 2.05) is 12.1 Å². The van der Waals surface area contributed by atoms with Crippen molar-refractivity contribution in [3.05, 3.63) is 57.0 Å². The van der Waals surface area contributed by atoms with Gasteiger partial charge in [-0.05, 0) is 74.0 Å². The molecule has 3 N–H and O–H groups in total. The molecule has 6 heteroatoms. The summed E-state index contributed by atoms with van der Waals surface area (Å²) in [6, 6.07) is 10.5. The van der Waals surface area contributed by atoms with Gasteiger partial charge in [0.1, 0.15) is 11.6 Å². The van der Waals surface area contributed by atoms with Crippen LogP contribution in [-0.2, 0) is 5.41 Å². The van der Waals surface area contributed by atoms with Crippen molar-refractivity contribution >= 4 is 15.9 Å². The van der Waals surface area contributed by atoms with Gasteiger partial charge in [0.25, 0.3) is 0 Å². The maximum absolute atomic E-state index is 9.93. The van der Waals surface area contributed by atoms with Crippen molar-refractivity contribution < 1.29 is 4.74 Å². The van der Waals surface area contributed by atoms with Crippen LogP contribution in [0.2, 0.25) is 0 Å². The third-order valence-corrected chi connectivity index (χ3v) is 8.24. The summed E-state index contributed by atoms with van der Waals surface area (Å²) in [7, 11) is 0. The van der Waals surface area contributed by atoms with E-state index in [-0.39, 0.29) is 17.2 Å². The third-order valence-electron chi connectivity index (χ3n) is 7.71. The molecule has 0 amide bonds. The number of aromatic amines is 1. The zero-order chi connectivity index (χ0) is 19.8. The lowest BCUT2D eigenvalue weighted by Crippen LogP contribution is -2.49. The molecule has 2 aromatic rings. The second kappa shape index (κ2) is 6.12. The topological polar surface area (TPSA) is 87.7 Å². The highest BCUT2D eigenvalue weighted by Gasteiger charge is 2.54. The van der Waals surface area contributed by atoms with Gasteiger partial charge in [-0.1, -0.05) is 28.1 Å². The summed E-state index contributed by atoms with van der Waals surface area (Å²) in [5.74, 6) is 2.95. The zero-order valence-corrected chi connectivity index (χ0v) is 17.7. The first kappa shape index (κ1) is 17.6. The molecular formula is C23H23BrN4O. The molecule has 4 fully saturated rings. The molecule has 4 saturated carbocycles. The molecular weight excluding hydrogens is 428 g/mol. The Morgan fingerprint density at radius 3 is 2.31 bits per heavy atom. The van der Waals surface area contributed by atoms with Crippen molar-refractivity contribution in [2.24, 2.45) is 23.5 Å². The number of halogens is 1. The Kier molecular flexibility index (Phi) is 3.71. The minimum Gasteiger partial charge on any atom is -0.420 e. The van der Waals surface area contributed by atoms with Crippen LogP contribution in [0.3, 0.4) is 0 Å². The molecule has 1 aliphatic heterocycles. The number of ether oxygens (including phenoxy) is 1. The fraction of sp³-hybridized carbons (Fsp3) is 0.478. The number of fused-ring (bicyclic) bond motifs is 1. The van der Waals surface area contributed by atoms with Crippen LogP contribution in [0.25, 0.3) is 0 Å². The highest BCUT2D eigenvalue weighted by atomic mass is 79.9. The van der Waals surface area contributed by atoms with Gasteiger partial charge in [0.05, 0.1) is 11.5 Å². The van der Waals surface area contributed by atoms with Crippen LogP contribution < -0.4 is 10.5 Å². The second-order valence-electron chi connectivity index (χ2n) is 9.49. The van der Waals surface area contributed by atoms with E-state index in [9.17, 15) is 5.26 Å². The van der Waals surface area contributed by atoms with Crippen LogP contribution in [-0.4, -0.2) is 10.2 Å². The summed E-state index contributed by atoms with van der Waals surface area (Å²) in [5.41, 5.74) is 10.0. The molecule has 5 nitrogen and oxygen atoms in total. The van der Waals surface area contributed by atoms with Gasteiger partial charge in [0.15, 0.2) is 0 Å². The van der Waals surface area contributed by atoms with E-state index >= 15 is 0 Å². The van der Waals surface area contributed by atoms with Gasteiger partial charge in [0, 0.05) is 15.6 Å². The zero-order valence-electron chi connectivity index (χ0n) is 16.1. The van der Waals surface area contributed by atoms with Crippen LogP contribution in [0.5, 0.6) is 5.88 Å². The summed E-state index contributed by atoms with van der Waals surface area (Å²) >= 11 is 3.52. The Bertz CT molecular complexity index is 1030. The standard InChI is InChI=1S/C23H23BrN4O/c24-16-3-1-15(2-4-16)18-17(11-25)21(26)29-22-19(18)20(27-28-22)23-8-12-5-13(9-23)7-14(6-12)10-23/h1-4,12-14,18H,5-10,26H2,(H,27,28). The van der Waals surface area contributed by atoms with E-state index in [0.717, 1.165) is 33.4 Å². The smallest absolute Gasteiger partial charge is 0.244 e. The Balaban J connectivity index is 1.53. The SMILES string of the molecule is N#CC1=C(N)Oc2n[nH]c(C34CC5CC(CC(C5)C3)C4)c2C1c1ccc(Br)cc1. The van der Waals surface area contributed by atoms with Crippen molar-refractivity contribution in [3.8, 4) is 11.9 Å². The predicted octanol–water partition coefficient (Wildman–Crippen LogP) is 4.86. The fourth-order valence-corrected chi connectivity index (χ4v) is 7.32. The fourth-order valence-electron chi connectivity index (χ4n) is 7.05. The Morgan fingerprint density at radius 1 is 1.10 bits per heavy atom. The number of nitrogens with zero attached hydrogens (tertiary/aromatic N) is 2. The molecule has 2 heterocycles. The van der Waals surface area contributed by atoms with Crippen molar-refractivity contribution in [1.29, 1.82) is 5.26 Å². The molecule has 148 valence electrons. The van der Waals surface area contributed by atoms with E-state index in [1.54, 1.807) is 0 Å². The van der Waals surface area contributed by atoms with Crippen LogP contribution >= 0.6 is 15.9 Å². The number of allylic oxidation sites excluding steroid dienone is 1. The van der Waals surface area contributed by atoms with Crippen LogP contribution in [0.15, 0.2) is 40.2 Å². The van der Waals surface area contributed by atoms with E-state index in [2.05, 4.69) is 44.3 Å². The van der Waals surface area contributed by atoms with E-state index in [4.69, 9.17) is 10.5 Å². The van der Waals surface area contributed by atoms with Crippen molar-refractivity contribution in [1.82, 2.24) is 10.2 Å². The minimum atomic E-state index is -0.237. The van der Waals surface area contributed by atoms with Gasteiger partial charge in [-0.25, -0.2) is 0 Å². The van der Waals surface area contributed by atoms with E-state index in [1.165, 1.54) is 44.2 Å². The van der Waals surface area contributed by atoms with Crippen molar-refractivity contribution in [3.63, 3.8) is 0 Å². The quantitative estimate of drug-likeness (QED) is 0.683. The first-order valence-electron chi connectivity index (χ1n) is 10.5. The molecule has 4 bridgehead atoms. The molecule has 1 atom stereocenters. The van der Waals surface area contributed by atoms with Gasteiger partial charge in [-0.15, -0.1) is 5.10 Å². The largest absolute Gasteiger partial charge is 0.420 e. The van der Waals surface area contributed by atoms with Gasteiger partial charge >= 0.3 is 0 Å². The molecule has 4 aliphatic carbocycles. The predicted molar refractivity (Wildman–Crippen MR) is 112 cm³/mol. The highest BCUT2D eigenvalue weighted by molar-refractivity contribution is 9.10. The summed E-state index contributed by atoms with van der Waals surface area (Å²) in [6.07, 6.45) is 7.83. The first-order chi connectivity index (χ1) is 14.1. The number of hydrogen-bond acceptors (Lipinski definition) is 4. The maximum atomic E-state index is 9.93. The lowest BCUT2D eigenvalue weighted by Gasteiger charge is -2.56. The van der Waals surface area contributed by atoms with Gasteiger partial charge in [-0.2, -0.15) is 5.26 Å². The molecule has 5 aliphatic rings. The van der Waals surface area contributed by atoms with E-state index < -0.39 is 0 Å². The third kappa shape index (κ3) is 2.53. The number of hydrogen-bond donors (Lipinski definition) is 2. The molecule has 1 aromatic heterocycles. The number of nitriles is 1. The lowest BCUT2D eigenvalue weighted by molar-refractivity contribution is -0.00768.